The summed E-state index contributed by atoms with van der Waals surface area (Å²) in [6.07, 6.45) is 3.17. The van der Waals surface area contributed by atoms with Crippen LogP contribution in [0.5, 0.6) is 0 Å². The predicted octanol–water partition coefficient (Wildman–Crippen LogP) is 2.76. The van der Waals surface area contributed by atoms with Gasteiger partial charge in [-0.3, -0.25) is 4.68 Å². The summed E-state index contributed by atoms with van der Waals surface area (Å²) in [6.45, 7) is 6.14. The van der Waals surface area contributed by atoms with E-state index in [1.807, 2.05) is 7.05 Å². The summed E-state index contributed by atoms with van der Waals surface area (Å²) >= 11 is 0. The van der Waals surface area contributed by atoms with Gasteiger partial charge in [0.1, 0.15) is 0 Å². The number of ether oxygens (including phenoxy) is 1. The maximum Gasteiger partial charge on any atom is 0.0811 e. The smallest absolute Gasteiger partial charge is 0.0811 e. The Balaban J connectivity index is 1.93. The maximum absolute atomic E-state index is 6.01. The minimum Gasteiger partial charge on any atom is -0.374 e. The molecule has 1 aromatic heterocycles. The van der Waals surface area contributed by atoms with Gasteiger partial charge in [0.2, 0.25) is 0 Å². The van der Waals surface area contributed by atoms with Crippen LogP contribution in [0.15, 0.2) is 24.3 Å². The number of benzene rings is 1. The van der Waals surface area contributed by atoms with Crippen LogP contribution < -0.4 is 5.32 Å². The van der Waals surface area contributed by atoms with Gasteiger partial charge in [-0.25, -0.2) is 0 Å². The number of rotatable bonds is 5. The Hall–Kier alpha value is -1.39. The van der Waals surface area contributed by atoms with E-state index in [2.05, 4.69) is 48.1 Å². The van der Waals surface area contributed by atoms with Crippen LogP contribution in [0.2, 0.25) is 0 Å². The van der Waals surface area contributed by atoms with Crippen LogP contribution in [0, 0.1) is 0 Å². The van der Waals surface area contributed by atoms with Gasteiger partial charge in [0.15, 0.2) is 0 Å². The van der Waals surface area contributed by atoms with Gasteiger partial charge in [0.05, 0.1) is 16.8 Å². The van der Waals surface area contributed by atoms with Crippen molar-refractivity contribution < 1.29 is 4.74 Å². The molecule has 114 valence electrons. The van der Waals surface area contributed by atoms with Crippen LogP contribution in [0.25, 0.3) is 10.9 Å². The SMILES string of the molecule is CCn1nc(CC(NC)C2(C)CCCO2)c2ccccc21. The molecule has 3 rings (SSSR count). The second-order valence-electron chi connectivity index (χ2n) is 6.09. The highest BCUT2D eigenvalue weighted by Gasteiger charge is 2.38. The van der Waals surface area contributed by atoms with Gasteiger partial charge >= 0.3 is 0 Å². The molecule has 1 aliphatic heterocycles. The van der Waals surface area contributed by atoms with Crippen molar-refractivity contribution >= 4 is 10.9 Å². The fourth-order valence-corrected chi connectivity index (χ4v) is 3.48. The fourth-order valence-electron chi connectivity index (χ4n) is 3.48. The van der Waals surface area contributed by atoms with Gasteiger partial charge in [0, 0.05) is 31.0 Å². The summed E-state index contributed by atoms with van der Waals surface area (Å²) in [5, 5.41) is 9.53. The van der Waals surface area contributed by atoms with Crippen molar-refractivity contribution in [3.63, 3.8) is 0 Å². The number of para-hydroxylation sites is 1. The van der Waals surface area contributed by atoms with E-state index < -0.39 is 0 Å². The summed E-state index contributed by atoms with van der Waals surface area (Å²) in [5.74, 6) is 0. The Morgan fingerprint density at radius 3 is 2.90 bits per heavy atom. The quantitative estimate of drug-likeness (QED) is 0.919. The van der Waals surface area contributed by atoms with E-state index in [1.54, 1.807) is 0 Å². The number of fused-ring (bicyclic) bond motifs is 1. The molecule has 2 heterocycles. The molecule has 2 aromatic rings. The molecule has 0 amide bonds. The van der Waals surface area contributed by atoms with Crippen LogP contribution in [0.1, 0.15) is 32.4 Å². The number of hydrogen-bond donors (Lipinski definition) is 1. The van der Waals surface area contributed by atoms with Gasteiger partial charge < -0.3 is 10.1 Å². The van der Waals surface area contributed by atoms with Crippen LogP contribution in [-0.4, -0.2) is 35.1 Å². The normalized spacial score (nSPS) is 23.8. The standard InChI is InChI=1S/C17H25N3O/c1-4-20-15-9-6-5-8-13(15)14(19-20)12-16(18-3)17(2)10-7-11-21-17/h5-6,8-9,16,18H,4,7,10-12H2,1-3H3. The first-order valence-corrected chi connectivity index (χ1v) is 7.93. The number of aromatic nitrogens is 2. The molecule has 0 saturated carbocycles. The lowest BCUT2D eigenvalue weighted by atomic mass is 9.89. The number of likely N-dealkylation sites (N-methyl/N-ethyl adjacent to an activating group) is 1. The predicted molar refractivity (Wildman–Crippen MR) is 85.5 cm³/mol. The molecule has 1 fully saturated rings. The van der Waals surface area contributed by atoms with E-state index in [4.69, 9.17) is 9.84 Å². The molecule has 0 spiro atoms. The van der Waals surface area contributed by atoms with Crippen molar-refractivity contribution in [2.24, 2.45) is 0 Å². The molecule has 1 saturated heterocycles. The first-order chi connectivity index (χ1) is 10.2. The van der Waals surface area contributed by atoms with Crippen molar-refractivity contribution in [2.75, 3.05) is 13.7 Å². The lowest BCUT2D eigenvalue weighted by Crippen LogP contribution is -2.48. The zero-order chi connectivity index (χ0) is 14.9. The van der Waals surface area contributed by atoms with Crippen molar-refractivity contribution in [3.05, 3.63) is 30.0 Å². The van der Waals surface area contributed by atoms with Crippen LogP contribution >= 0.6 is 0 Å². The Labute approximate surface area is 126 Å². The Morgan fingerprint density at radius 1 is 1.43 bits per heavy atom. The lowest BCUT2D eigenvalue weighted by Gasteiger charge is -2.32. The average Bonchev–Trinajstić information content (AvgIpc) is 3.09. The monoisotopic (exact) mass is 287 g/mol. The average molecular weight is 287 g/mol. The van der Waals surface area contributed by atoms with E-state index in [1.165, 1.54) is 16.6 Å². The van der Waals surface area contributed by atoms with Crippen molar-refractivity contribution in [1.29, 1.82) is 0 Å². The van der Waals surface area contributed by atoms with Crippen LogP contribution in [0.3, 0.4) is 0 Å². The van der Waals surface area contributed by atoms with Crippen molar-refractivity contribution in [3.8, 4) is 0 Å². The molecule has 0 aliphatic carbocycles. The number of nitrogens with zero attached hydrogens (tertiary/aromatic N) is 2. The van der Waals surface area contributed by atoms with Crippen LogP contribution in [0.4, 0.5) is 0 Å². The minimum absolute atomic E-state index is 0.0775. The molecule has 4 nitrogen and oxygen atoms in total. The Bertz CT molecular complexity index is 614. The van der Waals surface area contributed by atoms with E-state index in [0.717, 1.165) is 32.4 Å². The third-order valence-corrected chi connectivity index (χ3v) is 4.77. The van der Waals surface area contributed by atoms with Crippen molar-refractivity contribution in [1.82, 2.24) is 15.1 Å². The lowest BCUT2D eigenvalue weighted by molar-refractivity contribution is -0.00962. The molecule has 0 radical (unpaired) electrons. The largest absolute Gasteiger partial charge is 0.374 e. The van der Waals surface area contributed by atoms with Gasteiger partial charge in [-0.1, -0.05) is 18.2 Å². The second kappa shape index (κ2) is 5.78. The highest BCUT2D eigenvalue weighted by Crippen LogP contribution is 2.31. The summed E-state index contributed by atoms with van der Waals surface area (Å²) < 4.78 is 8.11. The summed E-state index contributed by atoms with van der Waals surface area (Å²) in [6, 6.07) is 8.79. The topological polar surface area (TPSA) is 39.1 Å². The summed E-state index contributed by atoms with van der Waals surface area (Å²) in [4.78, 5) is 0. The van der Waals surface area contributed by atoms with Crippen molar-refractivity contribution in [2.45, 2.75) is 51.3 Å². The molecule has 0 bridgehead atoms. The van der Waals surface area contributed by atoms with Gasteiger partial charge in [0.25, 0.3) is 0 Å². The highest BCUT2D eigenvalue weighted by molar-refractivity contribution is 5.82. The molecule has 1 aromatic carbocycles. The molecular weight excluding hydrogens is 262 g/mol. The zero-order valence-corrected chi connectivity index (χ0v) is 13.2. The molecule has 2 unspecified atom stereocenters. The number of aryl methyl sites for hydroxylation is 1. The van der Waals surface area contributed by atoms with E-state index in [0.29, 0.717) is 6.04 Å². The van der Waals surface area contributed by atoms with Gasteiger partial charge in [-0.05, 0) is 39.8 Å². The van der Waals surface area contributed by atoms with Crippen LogP contribution in [-0.2, 0) is 17.7 Å². The molecule has 21 heavy (non-hydrogen) atoms. The highest BCUT2D eigenvalue weighted by atomic mass is 16.5. The van der Waals surface area contributed by atoms with Gasteiger partial charge in [-0.2, -0.15) is 5.10 Å². The minimum atomic E-state index is -0.0775. The Morgan fingerprint density at radius 2 is 2.24 bits per heavy atom. The molecule has 1 N–H and O–H groups in total. The first kappa shape index (κ1) is 14.5. The van der Waals surface area contributed by atoms with E-state index in [9.17, 15) is 0 Å². The number of nitrogens with one attached hydrogen (secondary N) is 1. The Kier molecular flexibility index (Phi) is 4.00. The molecule has 4 heteroatoms. The molecule has 1 aliphatic rings. The van der Waals surface area contributed by atoms with E-state index in [-0.39, 0.29) is 5.60 Å². The summed E-state index contributed by atoms with van der Waals surface area (Å²) in [7, 11) is 2.02. The second-order valence-corrected chi connectivity index (χ2v) is 6.09. The third-order valence-electron chi connectivity index (χ3n) is 4.77. The summed E-state index contributed by atoms with van der Waals surface area (Å²) in [5.41, 5.74) is 2.32. The first-order valence-electron chi connectivity index (χ1n) is 7.93. The third kappa shape index (κ3) is 2.58. The fraction of sp³-hybridized carbons (Fsp3) is 0.588. The van der Waals surface area contributed by atoms with E-state index >= 15 is 0 Å². The maximum atomic E-state index is 6.01. The molecule has 2 atom stereocenters. The zero-order valence-electron chi connectivity index (χ0n) is 13.2. The van der Waals surface area contributed by atoms with Gasteiger partial charge in [-0.15, -0.1) is 0 Å². The molecular formula is C17H25N3O. The number of hydrogen-bond acceptors (Lipinski definition) is 3.